The third-order valence-electron chi connectivity index (χ3n) is 2.80. The summed E-state index contributed by atoms with van der Waals surface area (Å²) in [6.45, 7) is 8.39. The number of aromatic nitrogens is 2. The molecule has 0 bridgehead atoms. The Morgan fingerprint density at radius 3 is 2.59 bits per heavy atom. The molecule has 0 spiro atoms. The monoisotopic (exact) mass is 257 g/mol. The average molecular weight is 258 g/mol. The molecule has 1 aromatic heterocycles. The number of rotatable bonds is 4. The molecule has 2 N–H and O–H groups in total. The Labute approximate surface area is 107 Å². The first kappa shape index (κ1) is 14.2. The van der Waals surface area contributed by atoms with Crippen molar-refractivity contribution in [3.05, 3.63) is 17.0 Å². The maximum Gasteiger partial charge on any atom is 0.137 e. The molecule has 1 heterocycles. The summed E-state index contributed by atoms with van der Waals surface area (Å²) >= 11 is 5.95. The minimum Gasteiger partial charge on any atom is -0.396 e. The van der Waals surface area contributed by atoms with Crippen LogP contribution in [0.3, 0.4) is 0 Å². The Morgan fingerprint density at radius 1 is 1.41 bits per heavy atom. The van der Waals surface area contributed by atoms with E-state index in [4.69, 9.17) is 16.7 Å². The smallest absolute Gasteiger partial charge is 0.137 e. The van der Waals surface area contributed by atoms with E-state index in [0.29, 0.717) is 11.6 Å². The van der Waals surface area contributed by atoms with Crippen molar-refractivity contribution in [3.63, 3.8) is 0 Å². The van der Waals surface area contributed by atoms with Gasteiger partial charge in [-0.05, 0) is 18.8 Å². The van der Waals surface area contributed by atoms with Crippen LogP contribution in [0.4, 0.5) is 5.82 Å². The predicted octanol–water partition coefficient (Wildman–Crippen LogP) is 2.65. The molecule has 0 saturated carbocycles. The largest absolute Gasteiger partial charge is 0.396 e. The number of nitrogens with one attached hydrogen (secondary N) is 1. The second kappa shape index (κ2) is 5.65. The lowest BCUT2D eigenvalue weighted by Gasteiger charge is -2.32. The van der Waals surface area contributed by atoms with Crippen LogP contribution >= 0.6 is 11.6 Å². The van der Waals surface area contributed by atoms with Gasteiger partial charge in [-0.15, -0.1) is 0 Å². The van der Waals surface area contributed by atoms with E-state index in [1.807, 2.05) is 6.92 Å². The SMILES string of the molecule is Cc1c(Cl)ncnc1NC(CCO)C(C)(C)C. The molecule has 0 aliphatic rings. The molecule has 1 unspecified atom stereocenters. The molecule has 0 aromatic carbocycles. The number of aliphatic hydroxyl groups excluding tert-OH is 1. The lowest BCUT2D eigenvalue weighted by molar-refractivity contribution is 0.235. The zero-order valence-corrected chi connectivity index (χ0v) is 11.5. The van der Waals surface area contributed by atoms with Crippen molar-refractivity contribution in [2.24, 2.45) is 5.41 Å². The van der Waals surface area contributed by atoms with E-state index in [1.165, 1.54) is 6.33 Å². The lowest BCUT2D eigenvalue weighted by atomic mass is 9.85. The summed E-state index contributed by atoms with van der Waals surface area (Å²) in [5.41, 5.74) is 0.869. The Hall–Kier alpha value is -0.870. The van der Waals surface area contributed by atoms with E-state index in [1.54, 1.807) is 0 Å². The average Bonchev–Trinajstić information content (AvgIpc) is 2.22. The van der Waals surface area contributed by atoms with Gasteiger partial charge < -0.3 is 10.4 Å². The molecule has 0 aliphatic heterocycles. The van der Waals surface area contributed by atoms with Gasteiger partial charge in [-0.1, -0.05) is 32.4 Å². The standard InChI is InChI=1S/C12H20ClN3O/c1-8-10(13)14-7-15-11(8)16-9(5-6-17)12(2,3)4/h7,9,17H,5-6H2,1-4H3,(H,14,15,16). The third-order valence-corrected chi connectivity index (χ3v) is 3.18. The maximum absolute atomic E-state index is 9.10. The molecule has 17 heavy (non-hydrogen) atoms. The van der Waals surface area contributed by atoms with E-state index in [-0.39, 0.29) is 18.1 Å². The molecule has 0 amide bonds. The van der Waals surface area contributed by atoms with Gasteiger partial charge in [0.05, 0.1) is 0 Å². The molecule has 1 atom stereocenters. The van der Waals surface area contributed by atoms with Crippen LogP contribution < -0.4 is 5.32 Å². The first-order chi connectivity index (χ1) is 7.86. The van der Waals surface area contributed by atoms with Gasteiger partial charge in [0, 0.05) is 18.2 Å². The van der Waals surface area contributed by atoms with E-state index in [2.05, 4.69) is 36.1 Å². The van der Waals surface area contributed by atoms with Crippen LogP contribution in [0.25, 0.3) is 0 Å². The van der Waals surface area contributed by atoms with Gasteiger partial charge in [-0.25, -0.2) is 9.97 Å². The van der Waals surface area contributed by atoms with Crippen molar-refractivity contribution in [2.75, 3.05) is 11.9 Å². The van der Waals surface area contributed by atoms with Crippen molar-refractivity contribution >= 4 is 17.4 Å². The van der Waals surface area contributed by atoms with Crippen LogP contribution in [-0.2, 0) is 0 Å². The predicted molar refractivity (Wildman–Crippen MR) is 70.3 cm³/mol. The van der Waals surface area contributed by atoms with Crippen molar-refractivity contribution in [2.45, 2.75) is 40.2 Å². The van der Waals surface area contributed by atoms with Crippen molar-refractivity contribution < 1.29 is 5.11 Å². The fourth-order valence-electron chi connectivity index (χ4n) is 1.59. The molecule has 5 heteroatoms. The van der Waals surface area contributed by atoms with Gasteiger partial charge in [-0.2, -0.15) is 0 Å². The van der Waals surface area contributed by atoms with E-state index >= 15 is 0 Å². The quantitative estimate of drug-likeness (QED) is 0.815. The van der Waals surface area contributed by atoms with Gasteiger partial charge in [0.2, 0.25) is 0 Å². The van der Waals surface area contributed by atoms with E-state index in [0.717, 1.165) is 11.4 Å². The summed E-state index contributed by atoms with van der Waals surface area (Å²) in [5.74, 6) is 0.735. The minimum absolute atomic E-state index is 0.0343. The van der Waals surface area contributed by atoms with Gasteiger partial charge in [0.1, 0.15) is 17.3 Å². The topological polar surface area (TPSA) is 58.0 Å². The van der Waals surface area contributed by atoms with Crippen LogP contribution in [0.1, 0.15) is 32.8 Å². The highest BCUT2D eigenvalue weighted by molar-refractivity contribution is 6.30. The Bertz CT molecular complexity index is 377. The van der Waals surface area contributed by atoms with Crippen molar-refractivity contribution in [3.8, 4) is 0 Å². The van der Waals surface area contributed by atoms with Crippen LogP contribution in [0.15, 0.2) is 6.33 Å². The number of hydrogen-bond donors (Lipinski definition) is 2. The third kappa shape index (κ3) is 3.82. The second-order valence-corrected chi connectivity index (χ2v) is 5.57. The normalized spacial score (nSPS) is 13.5. The highest BCUT2D eigenvalue weighted by atomic mass is 35.5. The van der Waals surface area contributed by atoms with Gasteiger partial charge in [-0.3, -0.25) is 0 Å². The van der Waals surface area contributed by atoms with E-state index < -0.39 is 0 Å². The first-order valence-electron chi connectivity index (χ1n) is 5.70. The highest BCUT2D eigenvalue weighted by Crippen LogP contribution is 2.27. The molecule has 1 rings (SSSR count). The molecule has 0 radical (unpaired) electrons. The summed E-state index contributed by atoms with van der Waals surface area (Å²) in [7, 11) is 0. The molecule has 0 saturated heterocycles. The molecule has 96 valence electrons. The summed E-state index contributed by atoms with van der Waals surface area (Å²) < 4.78 is 0. The minimum atomic E-state index is 0.0343. The van der Waals surface area contributed by atoms with E-state index in [9.17, 15) is 0 Å². The molecule has 0 fully saturated rings. The number of anilines is 1. The molecular formula is C12H20ClN3O. The van der Waals surface area contributed by atoms with Gasteiger partial charge in [0.15, 0.2) is 0 Å². The molecule has 4 nitrogen and oxygen atoms in total. The number of aliphatic hydroxyl groups is 1. The maximum atomic E-state index is 9.10. The Morgan fingerprint density at radius 2 is 2.06 bits per heavy atom. The summed E-state index contributed by atoms with van der Waals surface area (Å²) in [4.78, 5) is 8.11. The Kier molecular flexibility index (Phi) is 4.71. The van der Waals surface area contributed by atoms with Crippen molar-refractivity contribution in [1.82, 2.24) is 9.97 Å². The fourth-order valence-corrected chi connectivity index (χ4v) is 1.72. The van der Waals surface area contributed by atoms with Crippen LogP contribution in [0.5, 0.6) is 0 Å². The fraction of sp³-hybridized carbons (Fsp3) is 0.667. The molecule has 1 aromatic rings. The van der Waals surface area contributed by atoms with Crippen molar-refractivity contribution in [1.29, 1.82) is 0 Å². The Balaban J connectivity index is 2.90. The summed E-state index contributed by atoms with van der Waals surface area (Å²) in [5, 5.41) is 12.9. The zero-order valence-electron chi connectivity index (χ0n) is 10.8. The number of nitrogens with zero attached hydrogens (tertiary/aromatic N) is 2. The second-order valence-electron chi connectivity index (χ2n) is 5.21. The highest BCUT2D eigenvalue weighted by Gasteiger charge is 2.25. The van der Waals surface area contributed by atoms with Gasteiger partial charge in [0.25, 0.3) is 0 Å². The zero-order chi connectivity index (χ0) is 13.1. The van der Waals surface area contributed by atoms with Crippen LogP contribution in [-0.4, -0.2) is 27.7 Å². The first-order valence-corrected chi connectivity index (χ1v) is 6.08. The van der Waals surface area contributed by atoms with Gasteiger partial charge >= 0.3 is 0 Å². The molecular weight excluding hydrogens is 238 g/mol. The number of halogens is 1. The summed E-state index contributed by atoms with van der Waals surface area (Å²) in [6.07, 6.45) is 2.11. The van der Waals surface area contributed by atoms with Crippen LogP contribution in [0.2, 0.25) is 5.15 Å². The van der Waals surface area contributed by atoms with Crippen LogP contribution in [0, 0.1) is 12.3 Å². The summed E-state index contributed by atoms with van der Waals surface area (Å²) in [6, 6.07) is 0.136. The lowest BCUT2D eigenvalue weighted by Crippen LogP contribution is -2.35. The molecule has 0 aliphatic carbocycles. The number of hydrogen-bond acceptors (Lipinski definition) is 4.